The van der Waals surface area contributed by atoms with Gasteiger partial charge in [-0.15, -0.1) is 0 Å². The van der Waals surface area contributed by atoms with Gasteiger partial charge in [0.05, 0.1) is 6.23 Å². The Bertz CT molecular complexity index is 184. The lowest BCUT2D eigenvalue weighted by molar-refractivity contribution is 0.150. The molecule has 0 saturated carbocycles. The van der Waals surface area contributed by atoms with E-state index in [0.29, 0.717) is 0 Å². The number of ether oxygens (including phenoxy) is 1. The van der Waals surface area contributed by atoms with E-state index < -0.39 is 8.32 Å². The first-order chi connectivity index (χ1) is 9.12. The van der Waals surface area contributed by atoms with Crippen LogP contribution in [0.3, 0.4) is 0 Å². The van der Waals surface area contributed by atoms with Crippen LogP contribution in [0.2, 0.25) is 13.1 Å². The van der Waals surface area contributed by atoms with E-state index in [1.165, 1.54) is 57.8 Å². The average molecular weight is 289 g/mol. The Morgan fingerprint density at radius 3 is 1.79 bits per heavy atom. The first-order valence-electron chi connectivity index (χ1n) is 8.34. The molecule has 0 aliphatic heterocycles. The van der Waals surface area contributed by atoms with E-state index in [4.69, 9.17) is 9.16 Å². The van der Waals surface area contributed by atoms with Gasteiger partial charge in [0, 0.05) is 13.2 Å². The van der Waals surface area contributed by atoms with E-state index >= 15 is 0 Å². The second kappa shape index (κ2) is 13.1. The largest absolute Gasteiger partial charge is 0.415 e. The number of hydrogen-bond donors (Lipinski definition) is 0. The zero-order valence-corrected chi connectivity index (χ0v) is 14.8. The van der Waals surface area contributed by atoms with Gasteiger partial charge in [0.1, 0.15) is 0 Å². The summed E-state index contributed by atoms with van der Waals surface area (Å²) in [5.41, 5.74) is 0. The Balaban J connectivity index is 3.14. The van der Waals surface area contributed by atoms with Crippen molar-refractivity contribution in [3.63, 3.8) is 0 Å². The predicted octanol–water partition coefficient (Wildman–Crippen LogP) is 5.31. The molecule has 0 heterocycles. The standard InChI is InChI=1S/C16H36O2Si/c1-5-7-8-9-10-11-12-13-14-15-17-16-19(3,4)18-6-2/h5-16H2,1-4H3. The van der Waals surface area contributed by atoms with Gasteiger partial charge in [-0.05, 0) is 26.4 Å². The molecule has 0 fully saturated rings. The molecular formula is C16H36O2Si. The van der Waals surface area contributed by atoms with Gasteiger partial charge >= 0.3 is 0 Å². The Morgan fingerprint density at radius 1 is 0.737 bits per heavy atom. The minimum absolute atomic E-state index is 0.820. The summed E-state index contributed by atoms with van der Waals surface area (Å²) in [5.74, 6) is 0. The molecular weight excluding hydrogens is 252 g/mol. The fourth-order valence-electron chi connectivity index (χ4n) is 2.27. The molecule has 0 amide bonds. The summed E-state index contributed by atoms with van der Waals surface area (Å²) in [5, 5.41) is 0. The minimum Gasteiger partial charge on any atom is -0.415 e. The summed E-state index contributed by atoms with van der Waals surface area (Å²) in [4.78, 5) is 0. The van der Waals surface area contributed by atoms with E-state index in [1.807, 2.05) is 0 Å². The van der Waals surface area contributed by atoms with Crippen LogP contribution in [0.1, 0.15) is 71.6 Å². The van der Waals surface area contributed by atoms with E-state index in [9.17, 15) is 0 Å². The summed E-state index contributed by atoms with van der Waals surface area (Å²) in [6, 6.07) is 0. The van der Waals surface area contributed by atoms with Gasteiger partial charge in [-0.1, -0.05) is 58.3 Å². The molecule has 0 aromatic carbocycles. The zero-order valence-electron chi connectivity index (χ0n) is 13.8. The third kappa shape index (κ3) is 14.4. The summed E-state index contributed by atoms with van der Waals surface area (Å²) >= 11 is 0. The van der Waals surface area contributed by atoms with Crippen LogP contribution in [0.25, 0.3) is 0 Å². The first-order valence-corrected chi connectivity index (χ1v) is 11.5. The lowest BCUT2D eigenvalue weighted by Gasteiger charge is -2.21. The SMILES string of the molecule is CCCCCCCCCCCOC[Si](C)(C)OCC. The lowest BCUT2D eigenvalue weighted by Crippen LogP contribution is -2.37. The number of rotatable bonds is 14. The zero-order chi connectivity index (χ0) is 14.4. The fraction of sp³-hybridized carbons (Fsp3) is 1.00. The van der Waals surface area contributed by atoms with Crippen molar-refractivity contribution in [1.82, 2.24) is 0 Å². The van der Waals surface area contributed by atoms with Crippen LogP contribution >= 0.6 is 0 Å². The van der Waals surface area contributed by atoms with Crippen LogP contribution in [0, 0.1) is 0 Å². The van der Waals surface area contributed by atoms with Crippen LogP contribution in [0.4, 0.5) is 0 Å². The molecule has 0 bridgehead atoms. The van der Waals surface area contributed by atoms with Gasteiger partial charge < -0.3 is 9.16 Å². The Labute approximate surface area is 122 Å². The molecule has 3 heteroatoms. The van der Waals surface area contributed by atoms with Gasteiger partial charge in [-0.3, -0.25) is 0 Å². The molecule has 0 unspecified atom stereocenters. The summed E-state index contributed by atoms with van der Waals surface area (Å²) < 4.78 is 11.5. The first kappa shape index (κ1) is 19.1. The van der Waals surface area contributed by atoms with Crippen molar-refractivity contribution in [2.24, 2.45) is 0 Å². The van der Waals surface area contributed by atoms with Crippen LogP contribution in [0.15, 0.2) is 0 Å². The highest BCUT2D eigenvalue weighted by Crippen LogP contribution is 2.10. The maximum absolute atomic E-state index is 5.75. The third-order valence-electron chi connectivity index (χ3n) is 3.38. The molecule has 0 aliphatic carbocycles. The van der Waals surface area contributed by atoms with Crippen LogP contribution in [0.5, 0.6) is 0 Å². The second-order valence-corrected chi connectivity index (χ2v) is 10.2. The molecule has 0 aromatic heterocycles. The Kier molecular flexibility index (Phi) is 13.2. The number of hydrogen-bond acceptors (Lipinski definition) is 2. The van der Waals surface area contributed by atoms with E-state index in [-0.39, 0.29) is 0 Å². The average Bonchev–Trinajstić information content (AvgIpc) is 2.36. The predicted molar refractivity (Wildman–Crippen MR) is 87.2 cm³/mol. The van der Waals surface area contributed by atoms with Gasteiger partial charge in [-0.25, -0.2) is 0 Å². The van der Waals surface area contributed by atoms with Crippen molar-refractivity contribution < 1.29 is 9.16 Å². The van der Waals surface area contributed by atoms with Gasteiger partial charge in [0.15, 0.2) is 0 Å². The highest BCUT2D eigenvalue weighted by molar-refractivity contribution is 6.71. The van der Waals surface area contributed by atoms with Crippen molar-refractivity contribution in [1.29, 1.82) is 0 Å². The van der Waals surface area contributed by atoms with Crippen molar-refractivity contribution in [3.8, 4) is 0 Å². The summed E-state index contributed by atoms with van der Waals surface area (Å²) in [6.07, 6.45) is 13.2. The molecule has 0 aromatic rings. The van der Waals surface area contributed by atoms with Crippen LogP contribution in [-0.4, -0.2) is 27.8 Å². The quantitative estimate of drug-likeness (QED) is 0.318. The lowest BCUT2D eigenvalue weighted by atomic mass is 10.1. The van der Waals surface area contributed by atoms with Crippen molar-refractivity contribution >= 4 is 8.32 Å². The molecule has 0 radical (unpaired) electrons. The molecule has 0 rings (SSSR count). The van der Waals surface area contributed by atoms with Gasteiger partial charge in [0.2, 0.25) is 8.32 Å². The normalized spacial score (nSPS) is 12.0. The molecule has 0 aliphatic rings. The maximum Gasteiger partial charge on any atom is 0.211 e. The van der Waals surface area contributed by atoms with Crippen LogP contribution < -0.4 is 0 Å². The smallest absolute Gasteiger partial charge is 0.211 e. The van der Waals surface area contributed by atoms with Crippen molar-refractivity contribution in [3.05, 3.63) is 0 Å². The topological polar surface area (TPSA) is 18.5 Å². The highest BCUT2D eigenvalue weighted by atomic mass is 28.4. The van der Waals surface area contributed by atoms with Gasteiger partial charge in [-0.2, -0.15) is 0 Å². The van der Waals surface area contributed by atoms with E-state index in [2.05, 4.69) is 26.9 Å². The van der Waals surface area contributed by atoms with Crippen LogP contribution in [-0.2, 0) is 9.16 Å². The Hall–Kier alpha value is 0.137. The fourth-order valence-corrected chi connectivity index (χ4v) is 3.77. The minimum atomic E-state index is -1.52. The van der Waals surface area contributed by atoms with E-state index in [1.54, 1.807) is 0 Å². The van der Waals surface area contributed by atoms with Crippen molar-refractivity contribution in [2.45, 2.75) is 84.7 Å². The molecule has 0 saturated heterocycles. The Morgan fingerprint density at radius 2 is 1.26 bits per heavy atom. The van der Waals surface area contributed by atoms with Gasteiger partial charge in [0.25, 0.3) is 0 Å². The monoisotopic (exact) mass is 288 g/mol. The third-order valence-corrected chi connectivity index (χ3v) is 5.35. The molecule has 2 nitrogen and oxygen atoms in total. The maximum atomic E-state index is 5.75. The molecule has 0 spiro atoms. The highest BCUT2D eigenvalue weighted by Gasteiger charge is 2.21. The molecule has 116 valence electrons. The number of unbranched alkanes of at least 4 members (excludes halogenated alkanes) is 8. The summed E-state index contributed by atoms with van der Waals surface area (Å²) in [6.45, 7) is 10.5. The second-order valence-electron chi connectivity index (χ2n) is 6.07. The molecule has 0 N–H and O–H groups in total. The molecule has 19 heavy (non-hydrogen) atoms. The molecule has 0 atom stereocenters. The van der Waals surface area contributed by atoms with E-state index in [0.717, 1.165) is 19.4 Å². The summed E-state index contributed by atoms with van der Waals surface area (Å²) in [7, 11) is -1.52. The van der Waals surface area contributed by atoms with Crippen molar-refractivity contribution in [2.75, 3.05) is 19.4 Å².